The number of aryl methyl sites for hydroxylation is 1. The second-order valence-electron chi connectivity index (χ2n) is 4.55. The minimum absolute atomic E-state index is 0.172. The van der Waals surface area contributed by atoms with Crippen LogP contribution in [0, 0.1) is 6.92 Å². The number of hydrogen-bond donors (Lipinski definition) is 0. The van der Waals surface area contributed by atoms with Crippen LogP contribution in [0.3, 0.4) is 0 Å². The zero-order valence-electron chi connectivity index (χ0n) is 11.3. The number of hydrogen-bond acceptors (Lipinski definition) is 4. The average molecular weight is 291 g/mol. The van der Waals surface area contributed by atoms with Crippen molar-refractivity contribution in [2.24, 2.45) is 0 Å². The molecular weight excluding hydrogens is 276 g/mol. The molecule has 0 aliphatic carbocycles. The van der Waals surface area contributed by atoms with Gasteiger partial charge in [-0.05, 0) is 30.2 Å². The molecule has 0 N–H and O–H groups in total. The Balaban J connectivity index is 2.50. The van der Waals surface area contributed by atoms with E-state index in [2.05, 4.69) is 0 Å². The standard InChI is InChI=1S/C15H16O4S/c1-11-7-8-15(20(16,17)18)13(9-11)10-12-5-3-4-6-14(12)19-2/h3-9H,10H2,1-2H3,(H,16,17,18)/p-1. The second kappa shape index (κ2) is 5.64. The third-order valence-electron chi connectivity index (χ3n) is 3.06. The molecule has 0 fully saturated rings. The maximum Gasteiger partial charge on any atom is 0.124 e. The Morgan fingerprint density at radius 2 is 1.80 bits per heavy atom. The fraction of sp³-hybridized carbons (Fsp3) is 0.200. The van der Waals surface area contributed by atoms with E-state index in [-0.39, 0.29) is 4.90 Å². The molecule has 0 atom stereocenters. The summed E-state index contributed by atoms with van der Waals surface area (Å²) in [6.07, 6.45) is 0.336. The summed E-state index contributed by atoms with van der Waals surface area (Å²) >= 11 is 0. The molecule has 2 rings (SSSR count). The van der Waals surface area contributed by atoms with Gasteiger partial charge in [-0.3, -0.25) is 0 Å². The lowest BCUT2D eigenvalue weighted by Gasteiger charge is -2.15. The summed E-state index contributed by atoms with van der Waals surface area (Å²) in [6.45, 7) is 1.85. The lowest BCUT2D eigenvalue weighted by atomic mass is 10.0. The van der Waals surface area contributed by atoms with E-state index in [0.29, 0.717) is 17.7 Å². The highest BCUT2D eigenvalue weighted by Gasteiger charge is 2.11. The van der Waals surface area contributed by atoms with Crippen molar-refractivity contribution in [3.05, 3.63) is 59.2 Å². The van der Waals surface area contributed by atoms with Crippen LogP contribution in [0.1, 0.15) is 16.7 Å². The molecule has 0 heterocycles. The first-order valence-electron chi connectivity index (χ1n) is 6.09. The predicted octanol–water partition coefficient (Wildman–Crippen LogP) is 2.50. The molecule has 0 radical (unpaired) electrons. The lowest BCUT2D eigenvalue weighted by molar-refractivity contribution is 0.410. The summed E-state index contributed by atoms with van der Waals surface area (Å²) in [5.74, 6) is 0.670. The van der Waals surface area contributed by atoms with Gasteiger partial charge in [0, 0.05) is 6.42 Å². The predicted molar refractivity (Wildman–Crippen MR) is 74.9 cm³/mol. The second-order valence-corrected chi connectivity index (χ2v) is 5.90. The van der Waals surface area contributed by atoms with Crippen LogP contribution in [-0.4, -0.2) is 20.1 Å². The monoisotopic (exact) mass is 291 g/mol. The van der Waals surface area contributed by atoms with Crippen LogP contribution < -0.4 is 4.74 Å². The number of benzene rings is 2. The van der Waals surface area contributed by atoms with Gasteiger partial charge in [-0.2, -0.15) is 0 Å². The van der Waals surface area contributed by atoms with Crippen LogP contribution in [0.4, 0.5) is 0 Å². The summed E-state index contributed by atoms with van der Waals surface area (Å²) in [5, 5.41) is 0. The Morgan fingerprint density at radius 3 is 2.45 bits per heavy atom. The summed E-state index contributed by atoms with van der Waals surface area (Å²) in [7, 11) is -2.92. The SMILES string of the molecule is COc1ccccc1Cc1cc(C)ccc1S(=O)(=O)[O-]. The summed E-state index contributed by atoms with van der Waals surface area (Å²) in [5.41, 5.74) is 2.23. The Labute approximate surface area is 118 Å². The van der Waals surface area contributed by atoms with Gasteiger partial charge in [-0.25, -0.2) is 8.42 Å². The molecule has 2 aromatic carbocycles. The quantitative estimate of drug-likeness (QED) is 0.812. The Morgan fingerprint density at radius 1 is 1.10 bits per heavy atom. The molecule has 0 saturated carbocycles. The minimum atomic E-state index is -4.48. The molecule has 0 aromatic heterocycles. The Hall–Kier alpha value is -1.85. The molecular formula is C15H15O4S-. The topological polar surface area (TPSA) is 66.4 Å². The zero-order valence-corrected chi connectivity index (χ0v) is 12.1. The van der Waals surface area contributed by atoms with Crippen molar-refractivity contribution >= 4 is 10.1 Å². The van der Waals surface area contributed by atoms with E-state index < -0.39 is 10.1 Å². The van der Waals surface area contributed by atoms with Gasteiger partial charge in [0.15, 0.2) is 0 Å². The van der Waals surface area contributed by atoms with Crippen LogP contribution in [0.2, 0.25) is 0 Å². The van der Waals surface area contributed by atoms with E-state index in [9.17, 15) is 13.0 Å². The molecule has 0 bridgehead atoms. The van der Waals surface area contributed by atoms with Gasteiger partial charge in [0.05, 0.1) is 12.0 Å². The lowest BCUT2D eigenvalue weighted by Crippen LogP contribution is -2.05. The van der Waals surface area contributed by atoms with Crippen molar-refractivity contribution in [1.82, 2.24) is 0 Å². The van der Waals surface area contributed by atoms with E-state index >= 15 is 0 Å². The molecule has 0 unspecified atom stereocenters. The fourth-order valence-electron chi connectivity index (χ4n) is 2.14. The third-order valence-corrected chi connectivity index (χ3v) is 4.00. The van der Waals surface area contributed by atoms with Crippen LogP contribution in [0.5, 0.6) is 5.75 Å². The first kappa shape index (κ1) is 14.6. The average Bonchev–Trinajstić information content (AvgIpc) is 2.38. The van der Waals surface area contributed by atoms with Gasteiger partial charge in [0.1, 0.15) is 15.9 Å². The van der Waals surface area contributed by atoms with Crippen molar-refractivity contribution < 1.29 is 17.7 Å². The van der Waals surface area contributed by atoms with Gasteiger partial charge >= 0.3 is 0 Å². The van der Waals surface area contributed by atoms with Gasteiger partial charge in [0.25, 0.3) is 0 Å². The highest BCUT2D eigenvalue weighted by molar-refractivity contribution is 7.85. The summed E-state index contributed by atoms with van der Waals surface area (Å²) < 4.78 is 39.2. The van der Waals surface area contributed by atoms with Gasteiger partial charge < -0.3 is 9.29 Å². The van der Waals surface area contributed by atoms with Crippen LogP contribution >= 0.6 is 0 Å². The third kappa shape index (κ3) is 3.18. The first-order chi connectivity index (χ1) is 9.41. The highest BCUT2D eigenvalue weighted by atomic mass is 32.2. The fourth-order valence-corrected chi connectivity index (χ4v) is 2.83. The molecule has 0 aliphatic heterocycles. The summed E-state index contributed by atoms with van der Waals surface area (Å²) in [6, 6.07) is 12.0. The van der Waals surface area contributed by atoms with Crippen molar-refractivity contribution in [2.45, 2.75) is 18.2 Å². The Kier molecular flexibility index (Phi) is 4.11. The number of para-hydroxylation sites is 1. The van der Waals surface area contributed by atoms with Crippen molar-refractivity contribution in [3.8, 4) is 5.75 Å². The molecule has 0 spiro atoms. The molecule has 0 amide bonds. The van der Waals surface area contributed by atoms with Gasteiger partial charge in [-0.15, -0.1) is 0 Å². The van der Waals surface area contributed by atoms with Crippen molar-refractivity contribution in [1.29, 1.82) is 0 Å². The first-order valence-corrected chi connectivity index (χ1v) is 7.50. The van der Waals surface area contributed by atoms with E-state index in [1.165, 1.54) is 6.07 Å². The highest BCUT2D eigenvalue weighted by Crippen LogP contribution is 2.25. The smallest absolute Gasteiger partial charge is 0.124 e. The largest absolute Gasteiger partial charge is 0.744 e. The molecule has 0 saturated heterocycles. The molecule has 5 heteroatoms. The summed E-state index contributed by atoms with van der Waals surface area (Å²) in [4.78, 5) is -0.172. The molecule has 0 aliphatic rings. The normalized spacial score (nSPS) is 11.3. The molecule has 20 heavy (non-hydrogen) atoms. The molecule has 4 nitrogen and oxygen atoms in total. The Bertz CT molecular complexity index is 720. The van der Waals surface area contributed by atoms with Gasteiger partial charge in [-0.1, -0.05) is 35.9 Å². The van der Waals surface area contributed by atoms with E-state index in [1.807, 2.05) is 25.1 Å². The maximum atomic E-state index is 11.3. The molecule has 106 valence electrons. The zero-order chi connectivity index (χ0) is 14.8. The van der Waals surface area contributed by atoms with E-state index in [4.69, 9.17) is 4.74 Å². The van der Waals surface area contributed by atoms with E-state index in [1.54, 1.807) is 25.3 Å². The van der Waals surface area contributed by atoms with Crippen molar-refractivity contribution in [3.63, 3.8) is 0 Å². The number of rotatable bonds is 4. The van der Waals surface area contributed by atoms with Crippen LogP contribution in [0.25, 0.3) is 0 Å². The van der Waals surface area contributed by atoms with Crippen molar-refractivity contribution in [2.75, 3.05) is 7.11 Å². The number of methoxy groups -OCH3 is 1. The van der Waals surface area contributed by atoms with Gasteiger partial charge in [0.2, 0.25) is 0 Å². The minimum Gasteiger partial charge on any atom is -0.744 e. The molecule has 2 aromatic rings. The van der Waals surface area contributed by atoms with Crippen LogP contribution in [0.15, 0.2) is 47.4 Å². The van der Waals surface area contributed by atoms with E-state index in [0.717, 1.165) is 11.1 Å². The maximum absolute atomic E-state index is 11.3. The van der Waals surface area contributed by atoms with Crippen LogP contribution in [-0.2, 0) is 16.5 Å². The number of ether oxygens (including phenoxy) is 1.